The van der Waals surface area contributed by atoms with Crippen molar-refractivity contribution in [2.24, 2.45) is 0 Å². The maximum Gasteiger partial charge on any atom is 0.315 e. The van der Waals surface area contributed by atoms with E-state index in [2.05, 4.69) is 21.9 Å². The SMILES string of the molecule is C#CCCC(=O)CCCCC1NCC2NC(=O)NC12. The van der Waals surface area contributed by atoms with E-state index < -0.39 is 0 Å². The summed E-state index contributed by atoms with van der Waals surface area (Å²) in [5, 5.41) is 9.25. The second-order valence-electron chi connectivity index (χ2n) is 5.25. The molecule has 3 unspecified atom stereocenters. The van der Waals surface area contributed by atoms with Gasteiger partial charge in [-0.05, 0) is 12.8 Å². The molecule has 0 aromatic rings. The molecule has 0 spiro atoms. The number of nitrogens with one attached hydrogen (secondary N) is 3. The van der Waals surface area contributed by atoms with Crippen molar-refractivity contribution in [3.05, 3.63) is 0 Å². The van der Waals surface area contributed by atoms with Crippen molar-refractivity contribution < 1.29 is 9.59 Å². The average Bonchev–Trinajstić information content (AvgIpc) is 2.92. The molecule has 0 radical (unpaired) electrons. The molecular formula is C14H21N3O2. The van der Waals surface area contributed by atoms with Crippen molar-refractivity contribution in [3.63, 3.8) is 0 Å². The van der Waals surface area contributed by atoms with E-state index in [0.29, 0.717) is 25.3 Å². The lowest BCUT2D eigenvalue weighted by molar-refractivity contribution is -0.119. The molecule has 19 heavy (non-hydrogen) atoms. The molecule has 2 fully saturated rings. The summed E-state index contributed by atoms with van der Waals surface area (Å²) >= 11 is 0. The van der Waals surface area contributed by atoms with Crippen LogP contribution in [0.25, 0.3) is 0 Å². The first-order valence-electron chi connectivity index (χ1n) is 6.96. The summed E-state index contributed by atoms with van der Waals surface area (Å²) < 4.78 is 0. The van der Waals surface area contributed by atoms with Gasteiger partial charge in [-0.1, -0.05) is 6.42 Å². The highest BCUT2D eigenvalue weighted by Crippen LogP contribution is 2.18. The third-order valence-electron chi connectivity index (χ3n) is 3.85. The molecule has 3 N–H and O–H groups in total. The van der Waals surface area contributed by atoms with Gasteiger partial charge in [0.15, 0.2) is 0 Å². The van der Waals surface area contributed by atoms with E-state index in [9.17, 15) is 9.59 Å². The number of carbonyl (C=O) groups excluding carboxylic acids is 2. The number of Topliss-reactive ketones (excluding diaryl/α,β-unsaturated/α-hetero) is 1. The zero-order chi connectivity index (χ0) is 13.7. The Labute approximate surface area is 113 Å². The predicted molar refractivity (Wildman–Crippen MR) is 72.6 cm³/mol. The summed E-state index contributed by atoms with van der Waals surface area (Å²) in [6, 6.07) is 0.676. The molecule has 0 saturated carbocycles. The number of hydrogen-bond acceptors (Lipinski definition) is 3. The summed E-state index contributed by atoms with van der Waals surface area (Å²) in [6.07, 6.45) is 9.68. The van der Waals surface area contributed by atoms with Crippen molar-refractivity contribution in [2.45, 2.75) is 56.7 Å². The van der Waals surface area contributed by atoms with Crippen LogP contribution in [0, 0.1) is 12.3 Å². The van der Waals surface area contributed by atoms with Gasteiger partial charge in [0.1, 0.15) is 5.78 Å². The van der Waals surface area contributed by atoms with Gasteiger partial charge < -0.3 is 16.0 Å². The Morgan fingerprint density at radius 3 is 2.95 bits per heavy atom. The van der Waals surface area contributed by atoms with Crippen LogP contribution in [0.2, 0.25) is 0 Å². The Kier molecular flexibility index (Phi) is 4.80. The number of terminal acetylenes is 1. The Balaban J connectivity index is 1.60. The largest absolute Gasteiger partial charge is 0.332 e. The fraction of sp³-hybridized carbons (Fsp3) is 0.714. The fourth-order valence-corrected chi connectivity index (χ4v) is 2.82. The molecule has 0 aromatic heterocycles. The van der Waals surface area contributed by atoms with Gasteiger partial charge in [-0.25, -0.2) is 4.79 Å². The number of amides is 2. The average molecular weight is 263 g/mol. The number of fused-ring (bicyclic) bond motifs is 1. The molecule has 5 heteroatoms. The monoisotopic (exact) mass is 263 g/mol. The molecule has 104 valence electrons. The van der Waals surface area contributed by atoms with Crippen LogP contribution in [0.4, 0.5) is 4.79 Å². The zero-order valence-corrected chi connectivity index (χ0v) is 11.1. The number of hydrogen-bond donors (Lipinski definition) is 3. The molecule has 0 aromatic carbocycles. The molecule has 5 nitrogen and oxygen atoms in total. The van der Waals surface area contributed by atoms with Crippen LogP contribution >= 0.6 is 0 Å². The molecule has 2 aliphatic rings. The lowest BCUT2D eigenvalue weighted by atomic mass is 10.00. The molecular weight excluding hydrogens is 242 g/mol. The van der Waals surface area contributed by atoms with Crippen LogP contribution in [-0.2, 0) is 4.79 Å². The number of rotatable bonds is 7. The van der Waals surface area contributed by atoms with Gasteiger partial charge in [0.05, 0.1) is 12.1 Å². The molecule has 0 bridgehead atoms. The molecule has 0 aliphatic carbocycles. The lowest BCUT2D eigenvalue weighted by Gasteiger charge is -2.17. The maximum absolute atomic E-state index is 11.4. The van der Waals surface area contributed by atoms with Crippen LogP contribution in [0.1, 0.15) is 38.5 Å². The van der Waals surface area contributed by atoms with Crippen molar-refractivity contribution in [1.82, 2.24) is 16.0 Å². The molecule has 2 aliphatic heterocycles. The number of carbonyl (C=O) groups is 2. The van der Waals surface area contributed by atoms with E-state index >= 15 is 0 Å². The summed E-state index contributed by atoms with van der Waals surface area (Å²) in [5.74, 6) is 2.74. The van der Waals surface area contributed by atoms with Crippen molar-refractivity contribution in [1.29, 1.82) is 0 Å². The molecule has 2 saturated heterocycles. The summed E-state index contributed by atoms with van der Waals surface area (Å²) in [6.45, 7) is 0.829. The molecule has 2 rings (SSSR count). The third-order valence-corrected chi connectivity index (χ3v) is 3.85. The zero-order valence-electron chi connectivity index (χ0n) is 11.1. The smallest absolute Gasteiger partial charge is 0.315 e. The summed E-state index contributed by atoms with van der Waals surface area (Å²) in [4.78, 5) is 22.7. The minimum absolute atomic E-state index is 0.0639. The van der Waals surface area contributed by atoms with Gasteiger partial charge in [-0.15, -0.1) is 12.3 Å². The Morgan fingerprint density at radius 2 is 2.16 bits per heavy atom. The van der Waals surface area contributed by atoms with Gasteiger partial charge in [0.2, 0.25) is 0 Å². The topological polar surface area (TPSA) is 70.2 Å². The van der Waals surface area contributed by atoms with Crippen LogP contribution in [0.15, 0.2) is 0 Å². The molecule has 3 atom stereocenters. The number of unbranched alkanes of at least 4 members (excludes halogenated alkanes) is 1. The van der Waals surface area contributed by atoms with Gasteiger partial charge >= 0.3 is 6.03 Å². The first kappa shape index (κ1) is 13.9. The predicted octanol–water partition coefficient (Wildman–Crippen LogP) is 0.551. The highest BCUT2D eigenvalue weighted by atomic mass is 16.2. The van der Waals surface area contributed by atoms with E-state index in [1.165, 1.54) is 0 Å². The summed E-state index contributed by atoms with van der Waals surface area (Å²) in [5.41, 5.74) is 0. The first-order valence-corrected chi connectivity index (χ1v) is 6.96. The first-order chi connectivity index (χ1) is 9.20. The van der Waals surface area contributed by atoms with E-state index in [1.807, 2.05) is 0 Å². The highest BCUT2D eigenvalue weighted by Gasteiger charge is 2.41. The fourth-order valence-electron chi connectivity index (χ4n) is 2.82. The Morgan fingerprint density at radius 1 is 1.32 bits per heavy atom. The van der Waals surface area contributed by atoms with Crippen LogP contribution in [0.3, 0.4) is 0 Å². The van der Waals surface area contributed by atoms with E-state index in [-0.39, 0.29) is 23.9 Å². The van der Waals surface area contributed by atoms with E-state index in [1.54, 1.807) is 0 Å². The van der Waals surface area contributed by atoms with E-state index in [4.69, 9.17) is 6.42 Å². The highest BCUT2D eigenvalue weighted by molar-refractivity contribution is 5.78. The van der Waals surface area contributed by atoms with Crippen molar-refractivity contribution >= 4 is 11.8 Å². The van der Waals surface area contributed by atoms with Gasteiger partial charge in [-0.3, -0.25) is 4.79 Å². The van der Waals surface area contributed by atoms with Crippen LogP contribution in [-0.4, -0.2) is 36.5 Å². The van der Waals surface area contributed by atoms with Gasteiger partial charge in [-0.2, -0.15) is 0 Å². The third kappa shape index (κ3) is 3.71. The minimum atomic E-state index is -0.0639. The quantitative estimate of drug-likeness (QED) is 0.464. The van der Waals surface area contributed by atoms with Gasteiger partial charge in [0.25, 0.3) is 0 Å². The number of urea groups is 1. The van der Waals surface area contributed by atoms with Gasteiger partial charge in [0, 0.05) is 31.8 Å². The Bertz CT molecular complexity index is 389. The maximum atomic E-state index is 11.4. The lowest BCUT2D eigenvalue weighted by Crippen LogP contribution is -2.40. The standard InChI is InChI=1S/C14H21N3O2/c1-2-3-6-10(18)7-4-5-8-11-13-12(9-15-11)16-14(19)17-13/h1,11-13,15H,3-9H2,(H2,16,17,19). The normalized spacial score (nSPS) is 28.4. The molecule has 2 heterocycles. The molecule has 2 amide bonds. The summed E-state index contributed by atoms with van der Waals surface area (Å²) in [7, 11) is 0. The minimum Gasteiger partial charge on any atom is -0.332 e. The second kappa shape index (κ2) is 6.58. The Hall–Kier alpha value is -1.54. The number of ketones is 1. The van der Waals surface area contributed by atoms with Crippen molar-refractivity contribution in [3.8, 4) is 12.3 Å². The van der Waals surface area contributed by atoms with Crippen molar-refractivity contribution in [2.75, 3.05) is 6.54 Å². The van der Waals surface area contributed by atoms with Crippen LogP contribution < -0.4 is 16.0 Å². The van der Waals surface area contributed by atoms with Crippen LogP contribution in [0.5, 0.6) is 0 Å². The van der Waals surface area contributed by atoms with E-state index in [0.717, 1.165) is 25.8 Å². The second-order valence-corrected chi connectivity index (χ2v) is 5.25.